The average Bonchev–Trinajstić information content (AvgIpc) is 2.69. The summed E-state index contributed by atoms with van der Waals surface area (Å²) in [7, 11) is -2.17. The van der Waals surface area contributed by atoms with Crippen LogP contribution in [0.25, 0.3) is 0 Å². The second kappa shape index (κ2) is 7.70. The van der Waals surface area contributed by atoms with E-state index in [4.69, 9.17) is 4.74 Å². The summed E-state index contributed by atoms with van der Waals surface area (Å²) in [5.74, 6) is -0.393. The van der Waals surface area contributed by atoms with Crippen LogP contribution in [0.15, 0.2) is 47.4 Å². The largest absolute Gasteiger partial charge is 0.465 e. The number of hydrogen-bond acceptors (Lipinski definition) is 5. The second-order valence-electron chi connectivity index (χ2n) is 6.65. The quantitative estimate of drug-likeness (QED) is 0.753. The predicted molar refractivity (Wildman–Crippen MR) is 105 cm³/mol. The number of hydrogen-bond donors (Lipinski definition) is 0. The topological polar surface area (TPSA) is 66.9 Å². The normalized spacial score (nSPS) is 15.6. The zero-order chi connectivity index (χ0) is 19.6. The second-order valence-corrected chi connectivity index (χ2v) is 8.58. The van der Waals surface area contributed by atoms with E-state index in [1.807, 2.05) is 36.9 Å². The van der Waals surface area contributed by atoms with E-state index in [0.717, 1.165) is 16.8 Å². The Hall–Kier alpha value is -2.38. The molecule has 0 N–H and O–H groups in total. The Morgan fingerprint density at radius 2 is 1.63 bits per heavy atom. The van der Waals surface area contributed by atoms with E-state index in [1.54, 1.807) is 24.3 Å². The molecule has 1 fully saturated rings. The van der Waals surface area contributed by atoms with Gasteiger partial charge >= 0.3 is 5.97 Å². The van der Waals surface area contributed by atoms with Crippen LogP contribution in [0.1, 0.15) is 21.5 Å². The maximum atomic E-state index is 12.9. The molecule has 0 atom stereocenters. The third-order valence-corrected chi connectivity index (χ3v) is 6.90. The van der Waals surface area contributed by atoms with Crippen LogP contribution in [0.5, 0.6) is 0 Å². The molecule has 2 aromatic rings. The smallest absolute Gasteiger partial charge is 0.339 e. The Labute approximate surface area is 160 Å². The van der Waals surface area contributed by atoms with Crippen molar-refractivity contribution in [1.82, 2.24) is 4.31 Å². The lowest BCUT2D eigenvalue weighted by Crippen LogP contribution is -2.49. The van der Waals surface area contributed by atoms with Crippen LogP contribution in [0.4, 0.5) is 5.69 Å². The molecule has 2 aromatic carbocycles. The van der Waals surface area contributed by atoms with Gasteiger partial charge < -0.3 is 9.64 Å². The maximum absolute atomic E-state index is 12.9. The average molecular weight is 388 g/mol. The first kappa shape index (κ1) is 19.4. The lowest BCUT2D eigenvalue weighted by molar-refractivity contribution is 0.0601. The number of ether oxygens (including phenoxy) is 1. The van der Waals surface area contributed by atoms with Gasteiger partial charge in [-0.15, -0.1) is 0 Å². The molecular formula is C20H24N2O4S. The summed E-state index contributed by atoms with van der Waals surface area (Å²) >= 11 is 0. The minimum Gasteiger partial charge on any atom is -0.465 e. The summed E-state index contributed by atoms with van der Waals surface area (Å²) in [5, 5.41) is 0. The molecule has 1 heterocycles. The Kier molecular flexibility index (Phi) is 5.53. The molecule has 1 aliphatic rings. The summed E-state index contributed by atoms with van der Waals surface area (Å²) in [5.41, 5.74) is 3.29. The minimum absolute atomic E-state index is 0.328. The van der Waals surface area contributed by atoms with E-state index in [2.05, 4.69) is 0 Å². The Morgan fingerprint density at radius 1 is 0.963 bits per heavy atom. The number of esters is 1. The van der Waals surface area contributed by atoms with Crippen molar-refractivity contribution in [2.24, 2.45) is 0 Å². The van der Waals surface area contributed by atoms with Gasteiger partial charge in [-0.25, -0.2) is 13.2 Å². The van der Waals surface area contributed by atoms with Gasteiger partial charge in [-0.2, -0.15) is 4.31 Å². The highest BCUT2D eigenvalue weighted by atomic mass is 32.2. The molecule has 0 bridgehead atoms. The molecule has 6 nitrogen and oxygen atoms in total. The zero-order valence-electron chi connectivity index (χ0n) is 15.8. The van der Waals surface area contributed by atoms with Crippen molar-refractivity contribution in [1.29, 1.82) is 0 Å². The molecule has 0 saturated carbocycles. The number of para-hydroxylation sites is 1. The van der Waals surface area contributed by atoms with Gasteiger partial charge in [0.2, 0.25) is 10.0 Å². The number of benzene rings is 2. The lowest BCUT2D eigenvalue weighted by Gasteiger charge is -2.36. The number of nitrogens with zero attached hydrogens (tertiary/aromatic N) is 2. The summed E-state index contributed by atoms with van der Waals surface area (Å²) in [4.78, 5) is 14.3. The van der Waals surface area contributed by atoms with Crippen LogP contribution in [0.2, 0.25) is 0 Å². The molecule has 0 radical (unpaired) electrons. The van der Waals surface area contributed by atoms with E-state index in [0.29, 0.717) is 36.6 Å². The fraction of sp³-hybridized carbons (Fsp3) is 0.350. The van der Waals surface area contributed by atoms with Crippen LogP contribution < -0.4 is 4.90 Å². The maximum Gasteiger partial charge on any atom is 0.339 e. The Bertz CT molecular complexity index is 948. The first-order chi connectivity index (χ1) is 12.8. The number of anilines is 1. The molecule has 3 rings (SSSR count). The van der Waals surface area contributed by atoms with E-state index in [-0.39, 0.29) is 0 Å². The van der Waals surface area contributed by atoms with Gasteiger partial charge in [-0.05, 0) is 49.2 Å². The van der Waals surface area contributed by atoms with Crippen LogP contribution in [0.3, 0.4) is 0 Å². The number of carbonyl (C=O) groups is 1. The van der Waals surface area contributed by atoms with E-state index < -0.39 is 16.0 Å². The molecular weight excluding hydrogens is 364 g/mol. The van der Waals surface area contributed by atoms with Gasteiger partial charge in [-0.3, -0.25) is 0 Å². The number of sulfonamides is 1. The van der Waals surface area contributed by atoms with Gasteiger partial charge in [0.15, 0.2) is 0 Å². The van der Waals surface area contributed by atoms with Crippen LogP contribution >= 0.6 is 0 Å². The fourth-order valence-electron chi connectivity index (χ4n) is 3.22. The van der Waals surface area contributed by atoms with Crippen LogP contribution in [-0.2, 0) is 14.8 Å². The minimum atomic E-state index is -3.52. The lowest BCUT2D eigenvalue weighted by atomic mass is 10.1. The van der Waals surface area contributed by atoms with E-state index in [1.165, 1.54) is 11.4 Å². The molecule has 1 saturated heterocycles. The number of aryl methyl sites for hydroxylation is 2. The van der Waals surface area contributed by atoms with Gasteiger partial charge in [0, 0.05) is 26.2 Å². The van der Waals surface area contributed by atoms with Crippen molar-refractivity contribution in [3.8, 4) is 0 Å². The van der Waals surface area contributed by atoms with Gasteiger partial charge in [0.25, 0.3) is 0 Å². The molecule has 0 aliphatic carbocycles. The summed E-state index contributed by atoms with van der Waals surface area (Å²) in [6, 6.07) is 12.5. The fourth-order valence-corrected chi connectivity index (χ4v) is 4.73. The zero-order valence-corrected chi connectivity index (χ0v) is 16.6. The van der Waals surface area contributed by atoms with E-state index in [9.17, 15) is 13.2 Å². The molecule has 7 heteroatoms. The number of methoxy groups -OCH3 is 1. The van der Waals surface area contributed by atoms with Gasteiger partial charge in [0.05, 0.1) is 23.3 Å². The number of carbonyl (C=O) groups excluding carboxylic acids is 1. The van der Waals surface area contributed by atoms with Crippen molar-refractivity contribution in [3.63, 3.8) is 0 Å². The molecule has 0 amide bonds. The van der Waals surface area contributed by atoms with Crippen LogP contribution in [0, 0.1) is 13.8 Å². The molecule has 0 unspecified atom stereocenters. The number of rotatable bonds is 4. The van der Waals surface area contributed by atoms with Crippen molar-refractivity contribution < 1.29 is 17.9 Å². The highest BCUT2D eigenvalue weighted by Gasteiger charge is 2.30. The molecule has 27 heavy (non-hydrogen) atoms. The van der Waals surface area contributed by atoms with Crippen LogP contribution in [-0.4, -0.2) is 52.0 Å². The van der Waals surface area contributed by atoms with Crippen molar-refractivity contribution in [2.75, 3.05) is 38.2 Å². The molecule has 144 valence electrons. The SMILES string of the molecule is COC(=O)c1ccccc1N1CCN(S(=O)(=O)c2ccc(C)c(C)c2)CC1. The van der Waals surface area contributed by atoms with E-state index >= 15 is 0 Å². The van der Waals surface area contributed by atoms with Crippen molar-refractivity contribution in [3.05, 3.63) is 59.2 Å². The molecule has 1 aliphatic heterocycles. The summed E-state index contributed by atoms with van der Waals surface area (Å²) < 4.78 is 32.3. The van der Waals surface area contributed by atoms with Crippen molar-refractivity contribution in [2.45, 2.75) is 18.7 Å². The first-order valence-electron chi connectivity index (χ1n) is 8.84. The highest BCUT2D eigenvalue weighted by molar-refractivity contribution is 7.89. The number of piperazine rings is 1. The third-order valence-electron chi connectivity index (χ3n) is 5.00. The standard InChI is InChI=1S/C20H24N2O4S/c1-15-8-9-17(14-16(15)2)27(24,25)22-12-10-21(11-13-22)19-7-5-4-6-18(19)20(23)26-3/h4-9,14H,10-13H2,1-3H3. The predicted octanol–water partition coefficient (Wildman–Crippen LogP) is 2.60. The monoisotopic (exact) mass is 388 g/mol. The molecule has 0 aromatic heterocycles. The first-order valence-corrected chi connectivity index (χ1v) is 10.3. The summed E-state index contributed by atoms with van der Waals surface area (Å²) in [6.07, 6.45) is 0. The Balaban J connectivity index is 1.78. The Morgan fingerprint density at radius 3 is 2.26 bits per heavy atom. The highest BCUT2D eigenvalue weighted by Crippen LogP contribution is 2.25. The molecule has 0 spiro atoms. The van der Waals surface area contributed by atoms with Crippen molar-refractivity contribution >= 4 is 21.7 Å². The van der Waals surface area contributed by atoms with Gasteiger partial charge in [-0.1, -0.05) is 18.2 Å². The third kappa shape index (κ3) is 3.84. The summed E-state index contributed by atoms with van der Waals surface area (Å²) in [6.45, 7) is 5.63. The van der Waals surface area contributed by atoms with Gasteiger partial charge in [0.1, 0.15) is 0 Å².